The lowest BCUT2D eigenvalue weighted by Crippen LogP contribution is -2.02. The molecule has 0 saturated heterocycles. The SMILES string of the molecule is COc1ccc(CNc2cccc(-c3ccc(Oc4ccc(-c5cccc(NCc6ccc(OC)cc6)n5)cc4Cc4ccccc4)c(Cc4ccccc4)c3)n2)cc1. The Balaban J connectivity index is 1.07. The molecule has 2 aromatic heterocycles. The van der Waals surface area contributed by atoms with Crippen molar-refractivity contribution in [3.63, 3.8) is 0 Å². The van der Waals surface area contributed by atoms with Crippen molar-refractivity contribution in [2.45, 2.75) is 25.9 Å². The van der Waals surface area contributed by atoms with Crippen LogP contribution >= 0.6 is 0 Å². The Morgan fingerprint density at radius 3 is 1.24 bits per heavy atom. The number of benzene rings is 6. The molecule has 7 nitrogen and oxygen atoms in total. The quantitative estimate of drug-likeness (QED) is 0.101. The zero-order valence-corrected chi connectivity index (χ0v) is 33.3. The Morgan fingerprint density at radius 2 is 0.831 bits per heavy atom. The molecule has 7 heteroatoms. The topological polar surface area (TPSA) is 77.5 Å². The summed E-state index contributed by atoms with van der Waals surface area (Å²) in [5.74, 6) is 4.90. The molecule has 0 fully saturated rings. The van der Waals surface area contributed by atoms with Gasteiger partial charge in [-0.15, -0.1) is 0 Å². The van der Waals surface area contributed by atoms with Crippen molar-refractivity contribution in [2.24, 2.45) is 0 Å². The van der Waals surface area contributed by atoms with Gasteiger partial charge >= 0.3 is 0 Å². The third kappa shape index (κ3) is 10.1. The maximum Gasteiger partial charge on any atom is 0.131 e. The molecule has 292 valence electrons. The van der Waals surface area contributed by atoms with Gasteiger partial charge in [0.15, 0.2) is 0 Å². The van der Waals surface area contributed by atoms with Gasteiger partial charge in [-0.2, -0.15) is 0 Å². The zero-order chi connectivity index (χ0) is 40.2. The molecule has 0 unspecified atom stereocenters. The number of anilines is 2. The molecular weight excluding hydrogens is 729 g/mol. The highest BCUT2D eigenvalue weighted by Crippen LogP contribution is 2.36. The average molecular weight is 775 g/mol. The van der Waals surface area contributed by atoms with E-state index in [-0.39, 0.29) is 0 Å². The molecule has 0 aliphatic rings. The summed E-state index contributed by atoms with van der Waals surface area (Å²) in [5.41, 5.74) is 10.6. The minimum absolute atomic E-state index is 0.652. The first-order chi connectivity index (χ1) is 29.1. The van der Waals surface area contributed by atoms with Crippen molar-refractivity contribution in [1.29, 1.82) is 0 Å². The second kappa shape index (κ2) is 18.7. The lowest BCUT2D eigenvalue weighted by Gasteiger charge is -2.17. The Morgan fingerprint density at radius 1 is 0.407 bits per heavy atom. The van der Waals surface area contributed by atoms with Gasteiger partial charge in [0, 0.05) is 37.1 Å². The predicted octanol–water partition coefficient (Wildman–Crippen LogP) is 12.0. The van der Waals surface area contributed by atoms with Gasteiger partial charge in [-0.05, 0) is 118 Å². The largest absolute Gasteiger partial charge is 0.497 e. The summed E-state index contributed by atoms with van der Waals surface area (Å²) in [7, 11) is 3.35. The van der Waals surface area contributed by atoms with Crippen molar-refractivity contribution in [1.82, 2.24) is 9.97 Å². The molecule has 8 rings (SSSR count). The van der Waals surface area contributed by atoms with Crippen molar-refractivity contribution in [3.8, 4) is 45.5 Å². The van der Waals surface area contributed by atoms with Crippen LogP contribution in [0.1, 0.15) is 33.4 Å². The van der Waals surface area contributed by atoms with E-state index >= 15 is 0 Å². The van der Waals surface area contributed by atoms with Crippen LogP contribution < -0.4 is 24.8 Å². The molecule has 0 saturated carbocycles. The summed E-state index contributed by atoms with van der Waals surface area (Å²) in [6.07, 6.45) is 1.40. The smallest absolute Gasteiger partial charge is 0.131 e. The van der Waals surface area contributed by atoms with Gasteiger partial charge in [-0.25, -0.2) is 9.97 Å². The van der Waals surface area contributed by atoms with Gasteiger partial charge in [0.25, 0.3) is 0 Å². The van der Waals surface area contributed by atoms with E-state index in [4.69, 9.17) is 24.2 Å². The molecule has 0 spiro atoms. The normalized spacial score (nSPS) is 10.8. The molecule has 6 aromatic carbocycles. The number of hydrogen-bond donors (Lipinski definition) is 2. The Labute approximate surface area is 346 Å². The van der Waals surface area contributed by atoms with Crippen LogP contribution in [0, 0.1) is 0 Å². The van der Waals surface area contributed by atoms with Gasteiger partial charge in [-0.1, -0.05) is 97.1 Å². The molecule has 2 N–H and O–H groups in total. The van der Waals surface area contributed by atoms with Crippen LogP contribution in [0.15, 0.2) is 182 Å². The van der Waals surface area contributed by atoms with E-state index in [1.165, 1.54) is 11.1 Å². The third-order valence-electron chi connectivity index (χ3n) is 10.2. The number of ether oxygens (including phenoxy) is 3. The van der Waals surface area contributed by atoms with Crippen LogP contribution in [0.5, 0.6) is 23.0 Å². The van der Waals surface area contributed by atoms with E-state index in [0.29, 0.717) is 25.9 Å². The lowest BCUT2D eigenvalue weighted by molar-refractivity contribution is 0.414. The second-order valence-corrected chi connectivity index (χ2v) is 14.3. The number of nitrogens with zero attached hydrogens (tertiary/aromatic N) is 2. The maximum atomic E-state index is 6.94. The molecule has 59 heavy (non-hydrogen) atoms. The highest BCUT2D eigenvalue weighted by atomic mass is 16.5. The standard InChI is InChI=1S/C52H46N4O3/c1-57-45-25-19-39(20-26-45)35-53-51-17-9-15-47(55-51)41-23-29-49(43(33-41)31-37-11-5-3-6-12-37)59-50-30-24-42(34-44(50)32-38-13-7-4-8-14-38)48-16-10-18-52(56-48)54-36-40-21-27-46(58-2)28-22-40/h3-30,33-34H,31-32,35-36H2,1-2H3,(H,53,55)(H,54,56). The molecule has 0 radical (unpaired) electrons. The number of methoxy groups -OCH3 is 2. The Kier molecular flexibility index (Phi) is 12.2. The highest BCUT2D eigenvalue weighted by molar-refractivity contribution is 5.67. The molecule has 0 atom stereocenters. The minimum atomic E-state index is 0.652. The fourth-order valence-electron chi connectivity index (χ4n) is 6.96. The van der Waals surface area contributed by atoms with Crippen LogP contribution in [-0.4, -0.2) is 24.2 Å². The first kappa shape index (κ1) is 38.5. The van der Waals surface area contributed by atoms with Gasteiger partial charge in [0.05, 0.1) is 25.6 Å². The summed E-state index contributed by atoms with van der Waals surface area (Å²) in [4.78, 5) is 10.0. The van der Waals surface area contributed by atoms with Crippen molar-refractivity contribution in [2.75, 3.05) is 24.9 Å². The van der Waals surface area contributed by atoms with Crippen molar-refractivity contribution < 1.29 is 14.2 Å². The summed E-state index contributed by atoms with van der Waals surface area (Å²) >= 11 is 0. The summed E-state index contributed by atoms with van der Waals surface area (Å²) < 4.78 is 17.6. The van der Waals surface area contributed by atoms with Crippen molar-refractivity contribution in [3.05, 3.63) is 215 Å². The number of rotatable bonds is 16. The van der Waals surface area contributed by atoms with Crippen LogP contribution in [0.3, 0.4) is 0 Å². The van der Waals surface area contributed by atoms with Gasteiger partial charge in [0.2, 0.25) is 0 Å². The molecule has 0 aliphatic carbocycles. The molecule has 0 bridgehead atoms. The zero-order valence-electron chi connectivity index (χ0n) is 33.3. The van der Waals surface area contributed by atoms with E-state index in [1.807, 2.05) is 60.7 Å². The summed E-state index contributed by atoms with van der Waals surface area (Å²) in [6, 6.07) is 62.1. The fraction of sp³-hybridized carbons (Fsp3) is 0.115. The highest BCUT2D eigenvalue weighted by Gasteiger charge is 2.15. The Bertz CT molecular complexity index is 2410. The minimum Gasteiger partial charge on any atom is -0.497 e. The first-order valence-corrected chi connectivity index (χ1v) is 19.8. The van der Waals surface area contributed by atoms with Crippen LogP contribution in [0.4, 0.5) is 11.6 Å². The van der Waals surface area contributed by atoms with Gasteiger partial charge in [-0.3, -0.25) is 0 Å². The van der Waals surface area contributed by atoms with Crippen LogP contribution in [0.25, 0.3) is 22.5 Å². The van der Waals surface area contributed by atoms with Crippen molar-refractivity contribution >= 4 is 11.6 Å². The van der Waals surface area contributed by atoms with E-state index < -0.39 is 0 Å². The Hall–Kier alpha value is -7.38. The second-order valence-electron chi connectivity index (χ2n) is 14.3. The lowest BCUT2D eigenvalue weighted by atomic mass is 9.99. The summed E-state index contributed by atoms with van der Waals surface area (Å²) in [6.45, 7) is 1.30. The fourth-order valence-corrected chi connectivity index (χ4v) is 6.96. The maximum absolute atomic E-state index is 6.94. The molecule has 2 heterocycles. The number of nitrogens with one attached hydrogen (secondary N) is 2. The predicted molar refractivity (Wildman–Crippen MR) is 239 cm³/mol. The molecule has 0 aliphatic heterocycles. The van der Waals surface area contributed by atoms with E-state index in [1.54, 1.807) is 14.2 Å². The first-order valence-electron chi connectivity index (χ1n) is 19.8. The molecule has 8 aromatic rings. The van der Waals surface area contributed by atoms with E-state index in [0.717, 1.165) is 79.4 Å². The number of aromatic nitrogens is 2. The third-order valence-corrected chi connectivity index (χ3v) is 10.2. The van der Waals surface area contributed by atoms with Gasteiger partial charge in [0.1, 0.15) is 34.6 Å². The van der Waals surface area contributed by atoms with Crippen LogP contribution in [0.2, 0.25) is 0 Å². The number of hydrogen-bond acceptors (Lipinski definition) is 7. The average Bonchev–Trinajstić information content (AvgIpc) is 3.30. The number of pyridine rings is 2. The van der Waals surface area contributed by atoms with Gasteiger partial charge < -0.3 is 24.8 Å². The summed E-state index contributed by atoms with van der Waals surface area (Å²) in [5, 5.41) is 6.96. The van der Waals surface area contributed by atoms with Crippen LogP contribution in [-0.2, 0) is 25.9 Å². The molecular formula is C52H46N4O3. The van der Waals surface area contributed by atoms with E-state index in [2.05, 4.69) is 132 Å². The van der Waals surface area contributed by atoms with E-state index in [9.17, 15) is 0 Å². The monoisotopic (exact) mass is 774 g/mol. The molecule has 0 amide bonds.